The van der Waals surface area contributed by atoms with Gasteiger partial charge in [0.05, 0.1) is 10.9 Å². The van der Waals surface area contributed by atoms with Crippen molar-refractivity contribution in [1.29, 1.82) is 0 Å². The molecule has 7 heteroatoms. The van der Waals surface area contributed by atoms with Crippen LogP contribution >= 0.6 is 11.3 Å². The molecule has 2 aromatic heterocycles. The van der Waals surface area contributed by atoms with E-state index in [1.807, 2.05) is 47.8 Å². The second-order valence-corrected chi connectivity index (χ2v) is 7.28. The van der Waals surface area contributed by atoms with Crippen molar-refractivity contribution >= 4 is 34.2 Å². The van der Waals surface area contributed by atoms with Crippen molar-refractivity contribution in [2.24, 2.45) is 0 Å². The highest BCUT2D eigenvalue weighted by Gasteiger charge is 2.22. The van der Waals surface area contributed by atoms with Gasteiger partial charge in [0, 0.05) is 11.8 Å². The van der Waals surface area contributed by atoms with Gasteiger partial charge in [-0.3, -0.25) is 4.79 Å². The number of ether oxygens (including phenoxy) is 3. The number of nitrogens with two attached hydrogens (primary N) is 1. The molecule has 0 aliphatic carbocycles. The van der Waals surface area contributed by atoms with Gasteiger partial charge in [-0.15, -0.1) is 11.3 Å². The number of fused-ring (bicyclic) bond motifs is 2. The van der Waals surface area contributed by atoms with Crippen LogP contribution in [0.5, 0.6) is 17.2 Å². The second kappa shape index (κ2) is 6.31. The third-order valence-corrected chi connectivity index (χ3v) is 5.40. The van der Waals surface area contributed by atoms with Crippen molar-refractivity contribution in [2.75, 3.05) is 12.5 Å². The molecule has 4 aromatic rings. The summed E-state index contributed by atoms with van der Waals surface area (Å²) in [5.74, 6) is 1.65. The highest BCUT2D eigenvalue weighted by Crippen LogP contribution is 2.46. The van der Waals surface area contributed by atoms with Crippen molar-refractivity contribution in [2.45, 2.75) is 6.92 Å². The molecule has 1 aliphatic rings. The number of rotatable bonds is 3. The van der Waals surface area contributed by atoms with Crippen LogP contribution < -0.4 is 19.9 Å². The number of hydrogen-bond donors (Lipinski definition) is 1. The summed E-state index contributed by atoms with van der Waals surface area (Å²) >= 11 is 1.54. The molecule has 1 aliphatic heterocycles. The molecule has 2 N–H and O–H groups in total. The van der Waals surface area contributed by atoms with Gasteiger partial charge in [0.1, 0.15) is 11.3 Å². The maximum atomic E-state index is 11.7. The first kappa shape index (κ1) is 16.7. The number of anilines is 1. The van der Waals surface area contributed by atoms with Crippen LogP contribution in [0.2, 0.25) is 0 Å². The van der Waals surface area contributed by atoms with Crippen LogP contribution in [0.4, 0.5) is 5.88 Å². The lowest BCUT2D eigenvalue weighted by molar-refractivity contribution is -0.131. The lowest BCUT2D eigenvalue weighted by Crippen LogP contribution is -2.02. The van der Waals surface area contributed by atoms with Crippen LogP contribution in [-0.2, 0) is 4.79 Å². The Bertz CT molecular complexity index is 1210. The first-order valence-electron chi connectivity index (χ1n) is 8.58. The first-order chi connectivity index (χ1) is 13.6. The van der Waals surface area contributed by atoms with Crippen LogP contribution in [0.15, 0.2) is 52.3 Å². The minimum Gasteiger partial charge on any atom is -0.454 e. The second-order valence-electron chi connectivity index (χ2n) is 6.33. The summed E-state index contributed by atoms with van der Waals surface area (Å²) in [5.41, 5.74) is 9.15. The van der Waals surface area contributed by atoms with E-state index in [0.717, 1.165) is 21.6 Å². The lowest BCUT2D eigenvalue weighted by atomic mass is 10.0. The molecular weight excluding hydrogens is 378 g/mol. The molecule has 6 nitrogen and oxygen atoms in total. The molecule has 0 atom stereocenters. The summed E-state index contributed by atoms with van der Waals surface area (Å²) in [7, 11) is 0. The molecule has 0 unspecified atom stereocenters. The van der Waals surface area contributed by atoms with E-state index in [9.17, 15) is 4.79 Å². The molecule has 0 fully saturated rings. The number of carbonyl (C=O) groups excluding carboxylic acids is 1. The van der Waals surface area contributed by atoms with Crippen LogP contribution in [0.25, 0.3) is 32.5 Å². The molecule has 0 saturated carbocycles. The van der Waals surface area contributed by atoms with Crippen molar-refractivity contribution in [3.8, 4) is 38.8 Å². The fraction of sp³-hybridized carbons (Fsp3) is 0.0952. The predicted molar refractivity (Wildman–Crippen MR) is 107 cm³/mol. The highest BCUT2D eigenvalue weighted by atomic mass is 32.1. The molecule has 0 spiro atoms. The third kappa shape index (κ3) is 2.68. The van der Waals surface area contributed by atoms with Gasteiger partial charge >= 0.3 is 5.97 Å². The SMILES string of the molecule is CC(=O)Oc1cc(-c2ccc3c(c2)OCO3)cc2oc(N)c(-c3cccs3)c12. The Kier molecular flexibility index (Phi) is 3.77. The first-order valence-corrected chi connectivity index (χ1v) is 9.46. The fourth-order valence-corrected chi connectivity index (χ4v) is 4.13. The molecule has 0 saturated heterocycles. The number of thiophene rings is 1. The highest BCUT2D eigenvalue weighted by molar-refractivity contribution is 7.13. The van der Waals surface area contributed by atoms with Gasteiger partial charge in [-0.2, -0.15) is 0 Å². The zero-order valence-corrected chi connectivity index (χ0v) is 15.7. The monoisotopic (exact) mass is 393 g/mol. The lowest BCUT2D eigenvalue weighted by Gasteiger charge is -2.09. The van der Waals surface area contributed by atoms with E-state index in [-0.39, 0.29) is 12.7 Å². The number of benzene rings is 2. The van der Waals surface area contributed by atoms with Gasteiger partial charge in [0.15, 0.2) is 11.5 Å². The Morgan fingerprint density at radius 2 is 1.96 bits per heavy atom. The van der Waals surface area contributed by atoms with Crippen LogP contribution in [0.3, 0.4) is 0 Å². The van der Waals surface area contributed by atoms with Crippen LogP contribution in [0.1, 0.15) is 6.92 Å². The molecule has 2 aromatic carbocycles. The minimum atomic E-state index is -0.416. The van der Waals surface area contributed by atoms with Crippen LogP contribution in [0, 0.1) is 0 Å². The summed E-state index contributed by atoms with van der Waals surface area (Å²) in [4.78, 5) is 12.7. The van der Waals surface area contributed by atoms with E-state index in [1.165, 1.54) is 6.92 Å². The Hall–Kier alpha value is -3.45. The standard InChI is InChI=1S/C21H15NO5S/c1-11(23)26-16-8-13(12-4-5-14-15(7-12)25-10-24-14)9-17-19(16)20(21(22)27-17)18-3-2-6-28-18/h2-9H,10,22H2,1H3. The average Bonchev–Trinajstić information content (AvgIpc) is 3.39. The van der Waals surface area contributed by atoms with E-state index in [2.05, 4.69) is 0 Å². The maximum Gasteiger partial charge on any atom is 0.308 e. The Morgan fingerprint density at radius 3 is 2.75 bits per heavy atom. The summed E-state index contributed by atoms with van der Waals surface area (Å²) in [6.07, 6.45) is 0. The van der Waals surface area contributed by atoms with E-state index in [0.29, 0.717) is 28.2 Å². The Balaban J connectivity index is 1.74. The van der Waals surface area contributed by atoms with E-state index in [1.54, 1.807) is 11.3 Å². The largest absolute Gasteiger partial charge is 0.454 e. The van der Waals surface area contributed by atoms with Gasteiger partial charge < -0.3 is 24.4 Å². The van der Waals surface area contributed by atoms with Crippen molar-refractivity contribution in [3.05, 3.63) is 47.8 Å². The molecule has 28 heavy (non-hydrogen) atoms. The number of carbonyl (C=O) groups is 1. The molecule has 0 radical (unpaired) electrons. The number of nitrogen functional groups attached to an aromatic ring is 1. The van der Waals surface area contributed by atoms with E-state index < -0.39 is 5.97 Å². The molecule has 5 rings (SSSR count). The molecular formula is C21H15NO5S. The van der Waals surface area contributed by atoms with Gasteiger partial charge in [0.25, 0.3) is 0 Å². The van der Waals surface area contributed by atoms with Crippen molar-refractivity contribution in [1.82, 2.24) is 0 Å². The topological polar surface area (TPSA) is 83.9 Å². The predicted octanol–water partition coefficient (Wildman–Crippen LogP) is 5.06. The minimum absolute atomic E-state index is 0.204. The van der Waals surface area contributed by atoms with Crippen LogP contribution in [-0.4, -0.2) is 12.8 Å². The maximum absolute atomic E-state index is 11.7. The Morgan fingerprint density at radius 1 is 1.11 bits per heavy atom. The van der Waals surface area contributed by atoms with E-state index in [4.69, 9.17) is 24.4 Å². The smallest absolute Gasteiger partial charge is 0.308 e. The van der Waals surface area contributed by atoms with Gasteiger partial charge in [-0.25, -0.2) is 0 Å². The molecule has 140 valence electrons. The van der Waals surface area contributed by atoms with Crippen molar-refractivity contribution < 1.29 is 23.4 Å². The van der Waals surface area contributed by atoms with Crippen molar-refractivity contribution in [3.63, 3.8) is 0 Å². The Labute approximate surface area is 164 Å². The average molecular weight is 393 g/mol. The van der Waals surface area contributed by atoms with Gasteiger partial charge in [-0.1, -0.05) is 12.1 Å². The third-order valence-electron chi connectivity index (χ3n) is 4.51. The summed E-state index contributed by atoms with van der Waals surface area (Å²) in [5, 5.41) is 2.64. The summed E-state index contributed by atoms with van der Waals surface area (Å²) in [6.45, 7) is 1.57. The zero-order chi connectivity index (χ0) is 19.3. The number of esters is 1. The van der Waals surface area contributed by atoms with Gasteiger partial charge in [-0.05, 0) is 46.8 Å². The summed E-state index contributed by atoms with van der Waals surface area (Å²) < 4.78 is 22.2. The zero-order valence-electron chi connectivity index (χ0n) is 14.9. The fourth-order valence-electron chi connectivity index (χ4n) is 3.35. The summed E-state index contributed by atoms with van der Waals surface area (Å²) in [6, 6.07) is 13.2. The number of hydrogen-bond acceptors (Lipinski definition) is 7. The number of furan rings is 1. The van der Waals surface area contributed by atoms with E-state index >= 15 is 0 Å². The molecule has 0 bridgehead atoms. The molecule has 0 amide bonds. The normalized spacial score (nSPS) is 12.5. The quantitative estimate of drug-likeness (QED) is 0.387. The molecule has 3 heterocycles. The van der Waals surface area contributed by atoms with Gasteiger partial charge in [0.2, 0.25) is 12.7 Å².